The Morgan fingerprint density at radius 3 is 2.60 bits per heavy atom. The summed E-state index contributed by atoms with van der Waals surface area (Å²) in [7, 11) is 1.95. The molecule has 0 aliphatic carbocycles. The lowest BCUT2D eigenvalue weighted by molar-refractivity contribution is -0.136. The molecule has 0 aromatic carbocycles. The molecule has 3 nitrogen and oxygen atoms in total. The zero-order valence-corrected chi connectivity index (χ0v) is 10.3. The van der Waals surface area contributed by atoms with E-state index < -0.39 is 0 Å². The molecule has 1 atom stereocenters. The van der Waals surface area contributed by atoms with Crippen LogP contribution < -0.4 is 5.32 Å². The van der Waals surface area contributed by atoms with Gasteiger partial charge in [-0.3, -0.25) is 4.79 Å². The molecule has 1 amide bonds. The monoisotopic (exact) mass is 212 g/mol. The van der Waals surface area contributed by atoms with Crippen molar-refractivity contribution in [2.75, 3.05) is 20.1 Å². The molecule has 3 heteroatoms. The summed E-state index contributed by atoms with van der Waals surface area (Å²) in [4.78, 5) is 14.1. The molecule has 1 N–H and O–H groups in total. The van der Waals surface area contributed by atoms with Crippen LogP contribution in [0.2, 0.25) is 0 Å². The molecule has 0 saturated carbocycles. The van der Waals surface area contributed by atoms with Gasteiger partial charge < -0.3 is 10.2 Å². The summed E-state index contributed by atoms with van der Waals surface area (Å²) >= 11 is 0. The van der Waals surface area contributed by atoms with Gasteiger partial charge in [0.1, 0.15) is 0 Å². The largest absolute Gasteiger partial charge is 0.343 e. The molecule has 1 rings (SSSR count). The first-order valence-electron chi connectivity index (χ1n) is 6.14. The number of hydrogen-bond acceptors (Lipinski definition) is 2. The van der Waals surface area contributed by atoms with Gasteiger partial charge in [0.05, 0.1) is 0 Å². The number of hydrogen-bond donors (Lipinski definition) is 1. The second-order valence-electron chi connectivity index (χ2n) is 4.61. The predicted octanol–water partition coefficient (Wildman–Crippen LogP) is 1.63. The maximum absolute atomic E-state index is 12.1. The van der Waals surface area contributed by atoms with Crippen molar-refractivity contribution >= 4 is 5.91 Å². The van der Waals surface area contributed by atoms with Gasteiger partial charge in [-0.25, -0.2) is 0 Å². The number of carbonyl (C=O) groups is 1. The Hall–Kier alpha value is -0.570. The molecular weight excluding hydrogens is 188 g/mol. The molecular formula is C12H24N2O. The van der Waals surface area contributed by atoms with Gasteiger partial charge in [0.25, 0.3) is 0 Å². The second-order valence-corrected chi connectivity index (χ2v) is 4.61. The summed E-state index contributed by atoms with van der Waals surface area (Å²) in [6, 6.07) is 0.386. The molecule has 1 fully saturated rings. The van der Waals surface area contributed by atoms with Crippen LogP contribution in [-0.2, 0) is 4.79 Å². The minimum Gasteiger partial charge on any atom is -0.343 e. The van der Waals surface area contributed by atoms with Gasteiger partial charge in [0.2, 0.25) is 5.91 Å². The highest BCUT2D eigenvalue weighted by Gasteiger charge is 2.25. The lowest BCUT2D eigenvalue weighted by atomic mass is 9.96. The third-order valence-electron chi connectivity index (χ3n) is 3.40. The second kappa shape index (κ2) is 6.11. The van der Waals surface area contributed by atoms with Crippen molar-refractivity contribution in [2.45, 2.75) is 45.6 Å². The molecule has 88 valence electrons. The molecule has 1 aliphatic heterocycles. The van der Waals surface area contributed by atoms with Crippen molar-refractivity contribution in [3.8, 4) is 0 Å². The van der Waals surface area contributed by atoms with E-state index in [0.717, 1.165) is 38.8 Å². The fraction of sp³-hybridized carbons (Fsp3) is 0.917. The van der Waals surface area contributed by atoms with Crippen LogP contribution in [0.5, 0.6) is 0 Å². The van der Waals surface area contributed by atoms with Crippen molar-refractivity contribution in [1.29, 1.82) is 0 Å². The normalized spacial score (nSPS) is 19.9. The lowest BCUT2D eigenvalue weighted by Gasteiger charge is -2.30. The van der Waals surface area contributed by atoms with Crippen LogP contribution >= 0.6 is 0 Å². The molecule has 1 saturated heterocycles. The summed E-state index contributed by atoms with van der Waals surface area (Å²) in [5, 5.41) is 3.29. The number of nitrogens with one attached hydrogen (secondary N) is 1. The molecule has 1 heterocycles. The lowest BCUT2D eigenvalue weighted by Crippen LogP contribution is -2.42. The van der Waals surface area contributed by atoms with E-state index in [2.05, 4.69) is 19.2 Å². The Labute approximate surface area is 93.2 Å². The minimum absolute atomic E-state index is 0.260. The van der Waals surface area contributed by atoms with E-state index in [1.165, 1.54) is 0 Å². The Kier molecular flexibility index (Phi) is 5.09. The molecule has 15 heavy (non-hydrogen) atoms. The smallest absolute Gasteiger partial charge is 0.225 e. The molecule has 1 unspecified atom stereocenters. The number of piperidine rings is 1. The SMILES string of the molecule is CCCC(C)N(C)C(=O)C1CCNCC1. The number of amides is 1. The van der Waals surface area contributed by atoms with Crippen LogP contribution in [0.4, 0.5) is 0 Å². The Morgan fingerprint density at radius 1 is 1.47 bits per heavy atom. The average Bonchev–Trinajstić information content (AvgIpc) is 2.28. The van der Waals surface area contributed by atoms with E-state index in [1.54, 1.807) is 0 Å². The van der Waals surface area contributed by atoms with Gasteiger partial charge in [0, 0.05) is 19.0 Å². The van der Waals surface area contributed by atoms with Crippen molar-refractivity contribution < 1.29 is 4.79 Å². The molecule has 0 bridgehead atoms. The highest BCUT2D eigenvalue weighted by molar-refractivity contribution is 5.79. The summed E-state index contributed by atoms with van der Waals surface area (Å²) < 4.78 is 0. The maximum atomic E-state index is 12.1. The minimum atomic E-state index is 0.260. The maximum Gasteiger partial charge on any atom is 0.225 e. The Balaban J connectivity index is 2.43. The standard InChI is InChI=1S/C12H24N2O/c1-4-5-10(2)14(3)12(15)11-6-8-13-9-7-11/h10-11,13H,4-9H2,1-3H3. The van der Waals surface area contributed by atoms with E-state index in [0.29, 0.717) is 11.9 Å². The molecule has 0 radical (unpaired) electrons. The molecule has 0 aromatic heterocycles. The average molecular weight is 212 g/mol. The van der Waals surface area contributed by atoms with Gasteiger partial charge in [-0.15, -0.1) is 0 Å². The van der Waals surface area contributed by atoms with Crippen molar-refractivity contribution in [3.05, 3.63) is 0 Å². The first kappa shape index (κ1) is 12.5. The number of carbonyl (C=O) groups excluding carboxylic acids is 1. The summed E-state index contributed by atoms with van der Waals surface area (Å²) in [5.74, 6) is 0.605. The van der Waals surface area contributed by atoms with Gasteiger partial charge in [0.15, 0.2) is 0 Å². The fourth-order valence-corrected chi connectivity index (χ4v) is 2.19. The molecule has 0 spiro atoms. The van der Waals surface area contributed by atoms with Crippen LogP contribution in [-0.4, -0.2) is 37.0 Å². The zero-order chi connectivity index (χ0) is 11.3. The number of rotatable bonds is 4. The van der Waals surface area contributed by atoms with Crippen molar-refractivity contribution in [3.63, 3.8) is 0 Å². The van der Waals surface area contributed by atoms with Gasteiger partial charge in [-0.05, 0) is 39.3 Å². The third-order valence-corrected chi connectivity index (χ3v) is 3.40. The number of nitrogens with zero attached hydrogens (tertiary/aromatic N) is 1. The van der Waals surface area contributed by atoms with Gasteiger partial charge >= 0.3 is 0 Å². The van der Waals surface area contributed by atoms with Crippen LogP contribution in [0.25, 0.3) is 0 Å². The summed E-state index contributed by atoms with van der Waals surface area (Å²) in [5.41, 5.74) is 0. The predicted molar refractivity (Wildman–Crippen MR) is 62.7 cm³/mol. The Morgan fingerprint density at radius 2 is 2.07 bits per heavy atom. The molecule has 1 aliphatic rings. The quantitative estimate of drug-likeness (QED) is 0.768. The van der Waals surface area contributed by atoms with E-state index in [1.807, 2.05) is 11.9 Å². The van der Waals surface area contributed by atoms with Crippen LogP contribution in [0, 0.1) is 5.92 Å². The highest BCUT2D eigenvalue weighted by atomic mass is 16.2. The Bertz CT molecular complexity index is 200. The highest BCUT2D eigenvalue weighted by Crippen LogP contribution is 2.16. The van der Waals surface area contributed by atoms with Crippen molar-refractivity contribution in [2.24, 2.45) is 5.92 Å². The first-order valence-corrected chi connectivity index (χ1v) is 6.14. The fourth-order valence-electron chi connectivity index (χ4n) is 2.19. The third kappa shape index (κ3) is 3.49. The summed E-state index contributed by atoms with van der Waals surface area (Å²) in [6.45, 7) is 6.29. The molecule has 0 aromatic rings. The first-order chi connectivity index (χ1) is 7.16. The van der Waals surface area contributed by atoms with E-state index >= 15 is 0 Å². The van der Waals surface area contributed by atoms with Crippen LogP contribution in [0.3, 0.4) is 0 Å². The summed E-state index contributed by atoms with van der Waals surface area (Å²) in [6.07, 6.45) is 4.25. The van der Waals surface area contributed by atoms with Gasteiger partial charge in [-0.2, -0.15) is 0 Å². The van der Waals surface area contributed by atoms with E-state index in [4.69, 9.17) is 0 Å². The zero-order valence-electron chi connectivity index (χ0n) is 10.3. The van der Waals surface area contributed by atoms with Crippen molar-refractivity contribution in [1.82, 2.24) is 10.2 Å². The van der Waals surface area contributed by atoms with E-state index in [-0.39, 0.29) is 5.92 Å². The van der Waals surface area contributed by atoms with E-state index in [9.17, 15) is 4.79 Å². The topological polar surface area (TPSA) is 32.3 Å². The van der Waals surface area contributed by atoms with Gasteiger partial charge in [-0.1, -0.05) is 13.3 Å². The van der Waals surface area contributed by atoms with Crippen LogP contribution in [0.15, 0.2) is 0 Å². The van der Waals surface area contributed by atoms with Crippen LogP contribution in [0.1, 0.15) is 39.5 Å².